The summed E-state index contributed by atoms with van der Waals surface area (Å²) in [5.74, 6) is 1.38. The molecule has 30 heavy (non-hydrogen) atoms. The number of aliphatic carboxylic acids is 1. The van der Waals surface area contributed by atoms with Crippen LogP contribution >= 0.6 is 0 Å². The largest absolute Gasteiger partial charge is 0.480 e. The summed E-state index contributed by atoms with van der Waals surface area (Å²) >= 11 is 0. The number of piperidine rings is 2. The number of rotatable bonds is 5. The highest BCUT2D eigenvalue weighted by Crippen LogP contribution is 2.35. The monoisotopic (exact) mass is 411 g/mol. The van der Waals surface area contributed by atoms with Crippen LogP contribution in [0.25, 0.3) is 0 Å². The minimum absolute atomic E-state index is 0.0866. The number of nitrogens with zero attached hydrogens (tertiary/aromatic N) is 4. The summed E-state index contributed by atoms with van der Waals surface area (Å²) in [5, 5.41) is 9.12. The van der Waals surface area contributed by atoms with Gasteiger partial charge >= 0.3 is 5.97 Å². The van der Waals surface area contributed by atoms with E-state index >= 15 is 0 Å². The van der Waals surface area contributed by atoms with Gasteiger partial charge in [0.25, 0.3) is 5.56 Å². The molecule has 2 fully saturated rings. The molecule has 0 saturated carbocycles. The second-order valence-electron chi connectivity index (χ2n) is 9.11. The van der Waals surface area contributed by atoms with Crippen LogP contribution in [-0.4, -0.2) is 68.1 Å². The molecular weight excluding hydrogens is 382 g/mol. The molecular formula is C22H29N5O3. The molecule has 2 N–H and O–H groups in total. The third kappa shape index (κ3) is 3.81. The van der Waals surface area contributed by atoms with Crippen molar-refractivity contribution < 1.29 is 9.90 Å². The molecule has 5 rings (SSSR count). The van der Waals surface area contributed by atoms with Crippen LogP contribution in [0.1, 0.15) is 48.2 Å². The second-order valence-corrected chi connectivity index (χ2v) is 9.11. The van der Waals surface area contributed by atoms with E-state index in [0.29, 0.717) is 24.9 Å². The SMILES string of the molecule is O=C(O)CN1C[C@@H]2C[C@H](C1)c1ccc(CN3CCC(c4ncc[nH]4)CC3)c(=O)n1C2. The van der Waals surface area contributed by atoms with Gasteiger partial charge in [-0.05, 0) is 44.3 Å². The van der Waals surface area contributed by atoms with Crippen LogP contribution in [0.3, 0.4) is 0 Å². The maximum Gasteiger partial charge on any atom is 0.317 e. The van der Waals surface area contributed by atoms with Crippen molar-refractivity contribution >= 4 is 5.97 Å². The lowest BCUT2D eigenvalue weighted by Gasteiger charge is -2.42. The molecule has 2 atom stereocenters. The van der Waals surface area contributed by atoms with Crippen LogP contribution in [0.4, 0.5) is 0 Å². The zero-order valence-electron chi connectivity index (χ0n) is 17.2. The van der Waals surface area contributed by atoms with Crippen LogP contribution in [0, 0.1) is 5.92 Å². The van der Waals surface area contributed by atoms with Gasteiger partial charge in [-0.2, -0.15) is 0 Å². The number of nitrogens with one attached hydrogen (secondary N) is 1. The summed E-state index contributed by atoms with van der Waals surface area (Å²) in [5.41, 5.74) is 2.09. The number of H-pyrrole nitrogens is 1. The highest BCUT2D eigenvalue weighted by atomic mass is 16.4. The maximum atomic E-state index is 13.2. The summed E-state index contributed by atoms with van der Waals surface area (Å²) in [7, 11) is 0. The molecule has 0 radical (unpaired) electrons. The predicted molar refractivity (Wildman–Crippen MR) is 111 cm³/mol. The van der Waals surface area contributed by atoms with E-state index in [4.69, 9.17) is 5.11 Å². The first-order valence-electron chi connectivity index (χ1n) is 10.9. The van der Waals surface area contributed by atoms with Gasteiger partial charge in [0, 0.05) is 61.7 Å². The van der Waals surface area contributed by atoms with E-state index in [-0.39, 0.29) is 18.0 Å². The fourth-order valence-electron chi connectivity index (χ4n) is 5.64. The van der Waals surface area contributed by atoms with Gasteiger partial charge in [-0.3, -0.25) is 19.4 Å². The molecule has 0 aromatic carbocycles. The minimum atomic E-state index is -0.779. The normalized spacial score (nSPS) is 25.2. The molecule has 2 aromatic heterocycles. The van der Waals surface area contributed by atoms with Crippen molar-refractivity contribution in [2.24, 2.45) is 5.92 Å². The molecule has 8 nitrogen and oxygen atoms in total. The van der Waals surface area contributed by atoms with Crippen LogP contribution in [0.2, 0.25) is 0 Å². The summed E-state index contributed by atoms with van der Waals surface area (Å²) in [6.45, 7) is 4.92. The number of hydrogen-bond donors (Lipinski definition) is 2. The van der Waals surface area contributed by atoms with Crippen LogP contribution in [0.15, 0.2) is 29.3 Å². The molecule has 0 spiro atoms. The van der Waals surface area contributed by atoms with E-state index in [1.165, 1.54) is 0 Å². The number of carboxylic acids is 1. The molecule has 0 unspecified atom stereocenters. The van der Waals surface area contributed by atoms with E-state index in [1.807, 2.05) is 27.9 Å². The van der Waals surface area contributed by atoms with Gasteiger partial charge in [-0.15, -0.1) is 0 Å². The van der Waals surface area contributed by atoms with Crippen molar-refractivity contribution in [1.82, 2.24) is 24.3 Å². The molecule has 8 heteroatoms. The Balaban J connectivity index is 1.27. The number of likely N-dealkylation sites (tertiary alicyclic amines) is 2. The number of aromatic amines is 1. The molecule has 5 heterocycles. The average molecular weight is 412 g/mol. The molecule has 160 valence electrons. The summed E-state index contributed by atoms with van der Waals surface area (Å²) < 4.78 is 1.97. The Kier molecular flexibility index (Phi) is 5.20. The van der Waals surface area contributed by atoms with Gasteiger partial charge in [0.2, 0.25) is 0 Å². The van der Waals surface area contributed by atoms with Gasteiger partial charge in [0.1, 0.15) is 5.82 Å². The lowest BCUT2D eigenvalue weighted by atomic mass is 9.83. The van der Waals surface area contributed by atoms with E-state index in [9.17, 15) is 9.59 Å². The number of fused-ring (bicyclic) bond motifs is 4. The van der Waals surface area contributed by atoms with Gasteiger partial charge < -0.3 is 14.7 Å². The standard InChI is InChI=1S/C22H29N5O3/c28-20(29)14-26-10-15-9-18(13-26)19-2-1-17(22(30)27(19)11-15)12-25-7-3-16(4-8-25)21-23-5-6-24-21/h1-2,5-6,15-16,18H,3-4,7-14H2,(H,23,24)(H,28,29)/t15-,18+/m0/s1. The first-order chi connectivity index (χ1) is 14.6. The molecule has 3 aliphatic rings. The van der Waals surface area contributed by atoms with Gasteiger partial charge in [-0.1, -0.05) is 6.07 Å². The van der Waals surface area contributed by atoms with E-state index in [1.54, 1.807) is 0 Å². The van der Waals surface area contributed by atoms with Crippen LogP contribution in [-0.2, 0) is 17.9 Å². The number of carboxylic acid groups (broad SMARTS) is 1. The molecule has 0 amide bonds. The van der Waals surface area contributed by atoms with E-state index in [0.717, 1.165) is 62.5 Å². The summed E-state index contributed by atoms with van der Waals surface area (Å²) in [6.07, 6.45) is 6.86. The van der Waals surface area contributed by atoms with Gasteiger partial charge in [-0.25, -0.2) is 4.98 Å². The number of aromatic nitrogens is 3. The smallest absolute Gasteiger partial charge is 0.317 e. The van der Waals surface area contributed by atoms with Crippen molar-refractivity contribution in [3.63, 3.8) is 0 Å². The highest BCUT2D eigenvalue weighted by molar-refractivity contribution is 5.69. The topological polar surface area (TPSA) is 94.5 Å². The van der Waals surface area contributed by atoms with Gasteiger partial charge in [0.15, 0.2) is 0 Å². The lowest BCUT2D eigenvalue weighted by molar-refractivity contribution is -0.139. The Morgan fingerprint density at radius 3 is 2.70 bits per heavy atom. The van der Waals surface area contributed by atoms with Crippen molar-refractivity contribution in [2.45, 2.75) is 44.2 Å². The van der Waals surface area contributed by atoms with Crippen molar-refractivity contribution in [3.8, 4) is 0 Å². The van der Waals surface area contributed by atoms with Crippen LogP contribution < -0.4 is 5.56 Å². The molecule has 2 aromatic rings. The number of carbonyl (C=O) groups is 1. The quantitative estimate of drug-likeness (QED) is 0.774. The zero-order valence-corrected chi connectivity index (χ0v) is 17.2. The third-order valence-corrected chi connectivity index (χ3v) is 7.01. The van der Waals surface area contributed by atoms with Gasteiger partial charge in [0.05, 0.1) is 6.54 Å². The highest BCUT2D eigenvalue weighted by Gasteiger charge is 2.35. The first-order valence-corrected chi connectivity index (χ1v) is 10.9. The lowest BCUT2D eigenvalue weighted by Crippen LogP contribution is -2.49. The zero-order chi connectivity index (χ0) is 20.7. The maximum absolute atomic E-state index is 13.2. The fourth-order valence-corrected chi connectivity index (χ4v) is 5.64. The number of pyridine rings is 1. The Labute approximate surface area is 175 Å². The molecule has 2 saturated heterocycles. The Morgan fingerprint density at radius 1 is 1.13 bits per heavy atom. The number of imidazole rings is 1. The Hall–Kier alpha value is -2.45. The van der Waals surface area contributed by atoms with Crippen molar-refractivity contribution in [3.05, 3.63) is 52.0 Å². The predicted octanol–water partition coefficient (Wildman–Crippen LogP) is 1.45. The fraction of sp³-hybridized carbons (Fsp3) is 0.591. The summed E-state index contributed by atoms with van der Waals surface area (Å²) in [4.78, 5) is 36.4. The number of hydrogen-bond acceptors (Lipinski definition) is 5. The second kappa shape index (κ2) is 8.00. The van der Waals surface area contributed by atoms with Crippen molar-refractivity contribution in [2.75, 3.05) is 32.7 Å². The minimum Gasteiger partial charge on any atom is -0.480 e. The molecule has 2 bridgehead atoms. The third-order valence-electron chi connectivity index (χ3n) is 7.01. The Bertz CT molecular complexity index is 962. The van der Waals surface area contributed by atoms with Crippen molar-refractivity contribution in [1.29, 1.82) is 0 Å². The first kappa shape index (κ1) is 19.5. The van der Waals surface area contributed by atoms with Crippen LogP contribution in [0.5, 0.6) is 0 Å². The summed E-state index contributed by atoms with van der Waals surface area (Å²) in [6, 6.07) is 4.11. The van der Waals surface area contributed by atoms with E-state index in [2.05, 4.69) is 20.9 Å². The molecule has 0 aliphatic carbocycles. The average Bonchev–Trinajstić information content (AvgIpc) is 3.25. The van der Waals surface area contributed by atoms with E-state index < -0.39 is 5.97 Å². The Morgan fingerprint density at radius 2 is 1.97 bits per heavy atom. The molecule has 3 aliphatic heterocycles.